The van der Waals surface area contributed by atoms with Crippen LogP contribution in [0.2, 0.25) is 0 Å². The number of nitriles is 1. The predicted molar refractivity (Wildman–Crippen MR) is 77.3 cm³/mol. The second-order valence-corrected chi connectivity index (χ2v) is 4.80. The van der Waals surface area contributed by atoms with E-state index in [1.54, 1.807) is 0 Å². The van der Waals surface area contributed by atoms with Crippen molar-refractivity contribution in [3.63, 3.8) is 0 Å². The zero-order valence-electron chi connectivity index (χ0n) is 10.7. The molecule has 0 aliphatic carbocycles. The van der Waals surface area contributed by atoms with Crippen LogP contribution in [-0.2, 0) is 4.65 Å². The fourth-order valence-electron chi connectivity index (χ4n) is 1.70. The second kappa shape index (κ2) is 5.72. The molecule has 0 unspecified atom stereocenters. The Morgan fingerprint density at radius 2 is 2.00 bits per heavy atom. The Labute approximate surface area is 117 Å². The molecule has 1 aromatic heterocycles. The Hall–Kier alpha value is -2.06. The van der Waals surface area contributed by atoms with Gasteiger partial charge >= 0.3 is 8.05 Å². The molecule has 0 saturated heterocycles. The zero-order valence-corrected chi connectivity index (χ0v) is 11.5. The molecule has 0 N–H and O–H groups in total. The van der Waals surface area contributed by atoms with E-state index < -0.39 is 0 Å². The first kappa shape index (κ1) is 13.4. The van der Waals surface area contributed by atoms with Crippen molar-refractivity contribution < 1.29 is 4.65 Å². The van der Waals surface area contributed by atoms with Gasteiger partial charge in [0.15, 0.2) is 0 Å². The third kappa shape index (κ3) is 2.54. The van der Waals surface area contributed by atoms with Crippen molar-refractivity contribution in [2.24, 2.45) is 0 Å². The van der Waals surface area contributed by atoms with E-state index in [-0.39, 0.29) is 0 Å². The number of benzene rings is 1. The normalized spacial score (nSPS) is 11.6. The topological polar surface area (TPSA) is 45.9 Å². The molecule has 0 fully saturated rings. The van der Waals surface area contributed by atoms with Crippen molar-refractivity contribution in [2.45, 2.75) is 13.8 Å². The largest absolute Gasteiger partial charge is 0.566 e. The monoisotopic (exact) mass is 266 g/mol. The number of aryl methyl sites for hydroxylation is 1. The van der Waals surface area contributed by atoms with Gasteiger partial charge < -0.3 is 4.65 Å². The van der Waals surface area contributed by atoms with E-state index in [1.807, 2.05) is 44.2 Å². The van der Waals surface area contributed by atoms with Crippen molar-refractivity contribution >= 4 is 30.9 Å². The van der Waals surface area contributed by atoms with Gasteiger partial charge in [-0.15, -0.1) is 0 Å². The van der Waals surface area contributed by atoms with Crippen LogP contribution < -0.4 is 0 Å². The molecule has 0 spiro atoms. The first-order chi connectivity index (χ1) is 9.19. The average molecular weight is 266 g/mol. The van der Waals surface area contributed by atoms with Gasteiger partial charge in [-0.25, -0.2) is 0 Å². The summed E-state index contributed by atoms with van der Waals surface area (Å²) in [4.78, 5) is 0.792. The Kier molecular flexibility index (Phi) is 4.03. The number of hydrogen-bond acceptors (Lipinski definition) is 4. The Balaban J connectivity index is 2.64. The first-order valence-corrected chi connectivity index (χ1v) is 6.46. The van der Waals surface area contributed by atoms with Gasteiger partial charge in [-0.1, -0.05) is 30.3 Å². The summed E-state index contributed by atoms with van der Waals surface area (Å²) >= 11 is 1.28. The molecule has 0 atom stereocenters. The predicted octanol–water partition coefficient (Wildman–Crippen LogP) is 3.25. The van der Waals surface area contributed by atoms with Crippen LogP contribution in [0.4, 0.5) is 0 Å². The quantitative estimate of drug-likeness (QED) is 0.486. The number of aromatic nitrogens is 1. The molecule has 5 heteroatoms. The van der Waals surface area contributed by atoms with Crippen LogP contribution in [0.25, 0.3) is 11.3 Å². The lowest BCUT2D eigenvalue weighted by Gasteiger charge is -2.09. The van der Waals surface area contributed by atoms with E-state index in [0.717, 1.165) is 21.7 Å². The smallest absolute Gasteiger partial charge is 0.374 e. The van der Waals surface area contributed by atoms with E-state index in [4.69, 9.17) is 12.7 Å². The SMILES string of the molecule is [B]O/C(=C(/C#N)c1ccccc1)c1snc(C)c1C. The maximum absolute atomic E-state index is 9.38. The minimum Gasteiger partial charge on any atom is -0.566 e. The van der Waals surface area contributed by atoms with Crippen molar-refractivity contribution in [1.82, 2.24) is 4.37 Å². The van der Waals surface area contributed by atoms with Crippen LogP contribution in [0.1, 0.15) is 21.7 Å². The summed E-state index contributed by atoms with van der Waals surface area (Å²) in [5, 5.41) is 9.38. The molecule has 1 aromatic carbocycles. The molecule has 0 saturated carbocycles. The summed E-state index contributed by atoms with van der Waals surface area (Å²) in [6.07, 6.45) is 0. The molecule has 0 aliphatic rings. The van der Waals surface area contributed by atoms with Gasteiger partial charge in [0, 0.05) is 0 Å². The summed E-state index contributed by atoms with van der Waals surface area (Å²) < 4.78 is 9.22. The van der Waals surface area contributed by atoms with Crippen molar-refractivity contribution in [3.05, 3.63) is 52.0 Å². The van der Waals surface area contributed by atoms with Gasteiger partial charge in [-0.2, -0.15) is 9.64 Å². The van der Waals surface area contributed by atoms with Gasteiger partial charge in [-0.3, -0.25) is 0 Å². The number of allylic oxidation sites excluding steroid dienone is 1. The lowest BCUT2D eigenvalue weighted by Crippen LogP contribution is -1.94. The first-order valence-electron chi connectivity index (χ1n) is 5.68. The molecular formula is C14H11BN2OS. The molecule has 2 radical (unpaired) electrons. The molecule has 0 bridgehead atoms. The third-order valence-electron chi connectivity index (χ3n) is 2.88. The molecule has 3 nitrogen and oxygen atoms in total. The molecule has 2 rings (SSSR count). The van der Waals surface area contributed by atoms with Crippen LogP contribution in [0.3, 0.4) is 0 Å². The van der Waals surface area contributed by atoms with Gasteiger partial charge in [0.05, 0.1) is 10.6 Å². The standard InChI is InChI=1S/C14H11BN2OS/c1-9-10(2)17-19-14(9)13(18-15)12(8-16)11-6-4-3-5-7-11/h3-7H,1-2H3/b13-12-. The van der Waals surface area contributed by atoms with E-state index in [0.29, 0.717) is 11.3 Å². The highest BCUT2D eigenvalue weighted by Gasteiger charge is 2.17. The van der Waals surface area contributed by atoms with Crippen molar-refractivity contribution in [3.8, 4) is 6.07 Å². The summed E-state index contributed by atoms with van der Waals surface area (Å²) in [5.41, 5.74) is 3.08. The average Bonchev–Trinajstić information content (AvgIpc) is 2.77. The number of hydrogen-bond donors (Lipinski definition) is 0. The maximum atomic E-state index is 9.38. The maximum Gasteiger partial charge on any atom is 0.374 e. The number of rotatable bonds is 3. The molecule has 2 aromatic rings. The molecule has 92 valence electrons. The zero-order chi connectivity index (χ0) is 13.8. The summed E-state index contributed by atoms with van der Waals surface area (Å²) in [6, 6.07) is 11.5. The minimum absolute atomic E-state index is 0.372. The molecule has 0 amide bonds. The van der Waals surface area contributed by atoms with Crippen LogP contribution in [0.15, 0.2) is 30.3 Å². The summed E-state index contributed by atoms with van der Waals surface area (Å²) in [6.45, 7) is 3.85. The lowest BCUT2D eigenvalue weighted by atomic mass is 10.0. The third-order valence-corrected chi connectivity index (χ3v) is 3.92. The van der Waals surface area contributed by atoms with E-state index in [1.165, 1.54) is 11.5 Å². The Morgan fingerprint density at radius 1 is 1.32 bits per heavy atom. The van der Waals surface area contributed by atoms with Crippen LogP contribution >= 0.6 is 11.5 Å². The molecule has 19 heavy (non-hydrogen) atoms. The number of nitrogens with zero attached hydrogens (tertiary/aromatic N) is 2. The molecule has 0 aliphatic heterocycles. The highest BCUT2D eigenvalue weighted by molar-refractivity contribution is 7.07. The van der Waals surface area contributed by atoms with Crippen LogP contribution in [0, 0.1) is 25.2 Å². The Morgan fingerprint density at radius 3 is 2.47 bits per heavy atom. The van der Waals surface area contributed by atoms with E-state index in [9.17, 15) is 5.26 Å². The second-order valence-electron chi connectivity index (χ2n) is 4.02. The van der Waals surface area contributed by atoms with Gasteiger partial charge in [0.1, 0.15) is 17.4 Å². The summed E-state index contributed by atoms with van der Waals surface area (Å²) in [5.74, 6) is 0.372. The fraction of sp³-hybridized carbons (Fsp3) is 0.143. The van der Waals surface area contributed by atoms with Gasteiger partial charge in [0.2, 0.25) is 0 Å². The van der Waals surface area contributed by atoms with E-state index >= 15 is 0 Å². The highest BCUT2D eigenvalue weighted by atomic mass is 32.1. The Bertz CT molecular complexity index is 656. The summed E-state index contributed by atoms with van der Waals surface area (Å²) in [7, 11) is 5.37. The van der Waals surface area contributed by atoms with Crippen molar-refractivity contribution in [1.29, 1.82) is 5.26 Å². The van der Waals surface area contributed by atoms with Gasteiger partial charge in [0.25, 0.3) is 0 Å². The van der Waals surface area contributed by atoms with Crippen LogP contribution in [0.5, 0.6) is 0 Å². The fourth-order valence-corrected chi connectivity index (χ4v) is 2.59. The molecular weight excluding hydrogens is 255 g/mol. The molecule has 1 heterocycles. The minimum atomic E-state index is 0.372. The van der Waals surface area contributed by atoms with Gasteiger partial charge in [-0.05, 0) is 36.5 Å². The van der Waals surface area contributed by atoms with Crippen LogP contribution in [-0.4, -0.2) is 12.4 Å². The van der Waals surface area contributed by atoms with Crippen molar-refractivity contribution in [2.75, 3.05) is 0 Å². The highest BCUT2D eigenvalue weighted by Crippen LogP contribution is 2.32. The lowest BCUT2D eigenvalue weighted by molar-refractivity contribution is 0.576. The van der Waals surface area contributed by atoms with E-state index in [2.05, 4.69) is 10.4 Å².